The van der Waals surface area contributed by atoms with Crippen molar-refractivity contribution in [3.8, 4) is 5.75 Å². The second-order valence-corrected chi connectivity index (χ2v) is 5.96. The lowest BCUT2D eigenvalue weighted by Gasteiger charge is -2.04. The van der Waals surface area contributed by atoms with Gasteiger partial charge in [0.05, 0.1) is 12.9 Å². The van der Waals surface area contributed by atoms with Crippen molar-refractivity contribution in [2.45, 2.75) is 10.9 Å². The molecule has 2 aromatic rings. The number of aliphatic carboxylic acids is 1. The van der Waals surface area contributed by atoms with Gasteiger partial charge in [-0.15, -0.1) is 10.2 Å². The standard InChI is InChI=1S/C12H13N3O3S2/c1-18-9-4-2-3-8(5-9)6-13-11-14-15-12(20-11)19-7-10(16)17/h2-5H,6-7H2,1H3,(H,13,14)(H,16,17). The van der Waals surface area contributed by atoms with Crippen molar-refractivity contribution in [3.63, 3.8) is 0 Å². The van der Waals surface area contributed by atoms with Gasteiger partial charge in [-0.25, -0.2) is 0 Å². The molecule has 1 aromatic heterocycles. The highest BCUT2D eigenvalue weighted by molar-refractivity contribution is 8.01. The lowest BCUT2D eigenvalue weighted by Crippen LogP contribution is -1.99. The van der Waals surface area contributed by atoms with E-state index >= 15 is 0 Å². The summed E-state index contributed by atoms with van der Waals surface area (Å²) in [5.41, 5.74) is 1.07. The van der Waals surface area contributed by atoms with Gasteiger partial charge in [-0.1, -0.05) is 35.2 Å². The van der Waals surface area contributed by atoms with E-state index in [-0.39, 0.29) is 5.75 Å². The minimum Gasteiger partial charge on any atom is -0.497 e. The predicted octanol–water partition coefficient (Wildman–Crippen LogP) is 2.34. The van der Waals surface area contributed by atoms with Crippen LogP contribution in [-0.2, 0) is 11.3 Å². The Hall–Kier alpha value is -1.80. The second-order valence-electron chi connectivity index (χ2n) is 3.76. The molecule has 0 aliphatic heterocycles. The summed E-state index contributed by atoms with van der Waals surface area (Å²) in [5, 5.41) is 20.3. The third kappa shape index (κ3) is 4.39. The van der Waals surface area contributed by atoms with Crippen molar-refractivity contribution in [1.29, 1.82) is 0 Å². The zero-order valence-electron chi connectivity index (χ0n) is 10.7. The molecule has 0 fully saturated rings. The van der Waals surface area contributed by atoms with Crippen LogP contribution in [0.3, 0.4) is 0 Å². The van der Waals surface area contributed by atoms with Crippen LogP contribution in [0.15, 0.2) is 28.6 Å². The molecule has 0 saturated carbocycles. The van der Waals surface area contributed by atoms with Gasteiger partial charge < -0.3 is 15.2 Å². The molecule has 0 unspecified atom stereocenters. The molecule has 2 N–H and O–H groups in total. The molecule has 6 nitrogen and oxygen atoms in total. The number of nitrogens with one attached hydrogen (secondary N) is 1. The molecule has 0 amide bonds. The third-order valence-electron chi connectivity index (χ3n) is 2.30. The smallest absolute Gasteiger partial charge is 0.313 e. The molecule has 0 radical (unpaired) electrons. The van der Waals surface area contributed by atoms with E-state index in [1.165, 1.54) is 11.3 Å². The van der Waals surface area contributed by atoms with Crippen molar-refractivity contribution in [1.82, 2.24) is 10.2 Å². The van der Waals surface area contributed by atoms with Gasteiger partial charge in [-0.3, -0.25) is 4.79 Å². The molecule has 0 spiro atoms. The lowest BCUT2D eigenvalue weighted by atomic mass is 10.2. The van der Waals surface area contributed by atoms with Crippen LogP contribution in [0.4, 0.5) is 5.13 Å². The number of benzene rings is 1. The summed E-state index contributed by atoms with van der Waals surface area (Å²) in [6.07, 6.45) is 0. The average molecular weight is 311 g/mol. The van der Waals surface area contributed by atoms with Gasteiger partial charge in [0.25, 0.3) is 0 Å². The maximum atomic E-state index is 10.5. The number of aromatic nitrogens is 2. The third-order valence-corrected chi connectivity index (χ3v) is 4.30. The van der Waals surface area contributed by atoms with Gasteiger partial charge in [-0.05, 0) is 17.7 Å². The van der Waals surface area contributed by atoms with Crippen molar-refractivity contribution < 1.29 is 14.6 Å². The first-order valence-electron chi connectivity index (χ1n) is 5.72. The Labute approximate surface area is 124 Å². The topological polar surface area (TPSA) is 84.3 Å². The van der Waals surface area contributed by atoms with Gasteiger partial charge in [0, 0.05) is 6.54 Å². The molecule has 20 heavy (non-hydrogen) atoms. The van der Waals surface area contributed by atoms with Crippen LogP contribution in [0.1, 0.15) is 5.56 Å². The number of hydrogen-bond donors (Lipinski definition) is 2. The van der Waals surface area contributed by atoms with Crippen LogP contribution in [0, 0.1) is 0 Å². The normalized spacial score (nSPS) is 10.2. The number of methoxy groups -OCH3 is 1. The van der Waals surface area contributed by atoms with E-state index in [4.69, 9.17) is 9.84 Å². The highest BCUT2D eigenvalue weighted by Crippen LogP contribution is 2.25. The highest BCUT2D eigenvalue weighted by Gasteiger charge is 2.07. The summed E-state index contributed by atoms with van der Waals surface area (Å²) in [6.45, 7) is 0.607. The number of carboxylic acid groups (broad SMARTS) is 1. The molecule has 2 rings (SSSR count). The Morgan fingerprint density at radius 2 is 2.35 bits per heavy atom. The molecular weight excluding hydrogens is 298 g/mol. The minimum absolute atomic E-state index is 0.00941. The van der Waals surface area contributed by atoms with Crippen molar-refractivity contribution in [3.05, 3.63) is 29.8 Å². The predicted molar refractivity (Wildman–Crippen MR) is 78.6 cm³/mol. The first-order chi connectivity index (χ1) is 9.67. The molecule has 106 valence electrons. The number of thioether (sulfide) groups is 1. The van der Waals surface area contributed by atoms with Gasteiger partial charge in [-0.2, -0.15) is 0 Å². The van der Waals surface area contributed by atoms with Crippen LogP contribution < -0.4 is 10.1 Å². The summed E-state index contributed by atoms with van der Waals surface area (Å²) in [6, 6.07) is 7.73. The van der Waals surface area contributed by atoms with Crippen LogP contribution in [0.25, 0.3) is 0 Å². The fraction of sp³-hybridized carbons (Fsp3) is 0.250. The Morgan fingerprint density at radius 3 is 3.10 bits per heavy atom. The SMILES string of the molecule is COc1cccc(CNc2nnc(SCC(=O)O)s2)c1. The van der Waals surface area contributed by atoms with Crippen LogP contribution in [-0.4, -0.2) is 34.1 Å². The van der Waals surface area contributed by atoms with E-state index in [1.54, 1.807) is 7.11 Å². The van der Waals surface area contributed by atoms with Crippen LogP contribution >= 0.6 is 23.1 Å². The van der Waals surface area contributed by atoms with Crippen LogP contribution in [0.5, 0.6) is 5.75 Å². The summed E-state index contributed by atoms with van der Waals surface area (Å²) in [7, 11) is 1.63. The Bertz CT molecular complexity index is 589. The molecule has 1 heterocycles. The van der Waals surface area contributed by atoms with Crippen molar-refractivity contribution in [2.75, 3.05) is 18.2 Å². The van der Waals surface area contributed by atoms with E-state index in [1.807, 2.05) is 24.3 Å². The highest BCUT2D eigenvalue weighted by atomic mass is 32.2. The van der Waals surface area contributed by atoms with E-state index in [0.717, 1.165) is 23.1 Å². The number of nitrogens with zero attached hydrogens (tertiary/aromatic N) is 2. The minimum atomic E-state index is -0.865. The Morgan fingerprint density at radius 1 is 1.50 bits per heavy atom. The molecule has 0 aliphatic carbocycles. The molecule has 8 heteroatoms. The van der Waals surface area contributed by atoms with E-state index < -0.39 is 5.97 Å². The number of hydrogen-bond acceptors (Lipinski definition) is 7. The number of ether oxygens (including phenoxy) is 1. The van der Waals surface area contributed by atoms with Gasteiger partial charge >= 0.3 is 5.97 Å². The molecule has 0 atom stereocenters. The monoisotopic (exact) mass is 311 g/mol. The summed E-state index contributed by atoms with van der Waals surface area (Å²) in [5.74, 6) is -0.0693. The first-order valence-corrected chi connectivity index (χ1v) is 7.52. The van der Waals surface area contributed by atoms with E-state index in [0.29, 0.717) is 16.0 Å². The summed E-state index contributed by atoms with van der Waals surface area (Å²) in [4.78, 5) is 10.5. The van der Waals surface area contributed by atoms with Crippen molar-refractivity contribution >= 4 is 34.2 Å². The van der Waals surface area contributed by atoms with E-state index in [9.17, 15) is 4.79 Å². The Balaban J connectivity index is 1.88. The van der Waals surface area contributed by atoms with Gasteiger partial charge in [0.15, 0.2) is 4.34 Å². The van der Waals surface area contributed by atoms with Crippen LogP contribution in [0.2, 0.25) is 0 Å². The van der Waals surface area contributed by atoms with E-state index in [2.05, 4.69) is 15.5 Å². The quantitative estimate of drug-likeness (QED) is 0.759. The zero-order valence-corrected chi connectivity index (χ0v) is 12.3. The van der Waals surface area contributed by atoms with Gasteiger partial charge in [0.2, 0.25) is 5.13 Å². The second kappa shape index (κ2) is 7.11. The average Bonchev–Trinajstić information content (AvgIpc) is 2.91. The summed E-state index contributed by atoms with van der Waals surface area (Å²) < 4.78 is 5.79. The van der Waals surface area contributed by atoms with Crippen molar-refractivity contribution in [2.24, 2.45) is 0 Å². The maximum absolute atomic E-state index is 10.5. The summed E-state index contributed by atoms with van der Waals surface area (Å²) >= 11 is 2.50. The largest absolute Gasteiger partial charge is 0.497 e. The zero-order chi connectivity index (χ0) is 14.4. The fourth-order valence-corrected chi connectivity index (χ4v) is 2.89. The molecule has 0 bridgehead atoms. The lowest BCUT2D eigenvalue weighted by molar-refractivity contribution is -0.133. The number of rotatable bonds is 7. The number of carbonyl (C=O) groups is 1. The molecular formula is C12H13N3O3S2. The number of anilines is 1. The number of carboxylic acids is 1. The molecule has 1 aromatic carbocycles. The maximum Gasteiger partial charge on any atom is 0.313 e. The fourth-order valence-electron chi connectivity index (χ4n) is 1.42. The molecule has 0 saturated heterocycles. The molecule has 0 aliphatic rings. The Kier molecular flexibility index (Phi) is 5.19. The first kappa shape index (κ1) is 14.6. The van der Waals surface area contributed by atoms with Gasteiger partial charge in [0.1, 0.15) is 5.75 Å².